The van der Waals surface area contributed by atoms with E-state index in [4.69, 9.17) is 14.2 Å². The quantitative estimate of drug-likeness (QED) is 0.381. The van der Waals surface area contributed by atoms with Crippen LogP contribution < -0.4 is 14.2 Å². The van der Waals surface area contributed by atoms with Gasteiger partial charge in [0.15, 0.2) is 11.5 Å². The lowest BCUT2D eigenvalue weighted by Gasteiger charge is -2.18. The highest BCUT2D eigenvalue weighted by Gasteiger charge is 2.37. The fourth-order valence-corrected chi connectivity index (χ4v) is 4.67. The Kier molecular flexibility index (Phi) is 7.97. The number of nitrogens with zero attached hydrogens (tertiary/aromatic N) is 2. The number of benzene rings is 2. The maximum Gasteiger partial charge on any atom is 0.294 e. The average Bonchev–Trinajstić information content (AvgIpc) is 3.48. The first-order chi connectivity index (χ1) is 16.9. The van der Waals surface area contributed by atoms with Gasteiger partial charge in [0.1, 0.15) is 25.5 Å². The molecule has 0 N–H and O–H groups in total. The summed E-state index contributed by atoms with van der Waals surface area (Å²) >= 11 is 0.834. The zero-order valence-electron chi connectivity index (χ0n) is 19.8. The summed E-state index contributed by atoms with van der Waals surface area (Å²) in [5, 5.41) is -0.436. The molecule has 2 aliphatic rings. The van der Waals surface area contributed by atoms with Crippen LogP contribution in [0.2, 0.25) is 0 Å². The summed E-state index contributed by atoms with van der Waals surface area (Å²) < 4.78 is 16.9. The molecule has 2 heterocycles. The fraction of sp³-hybridized carbons (Fsp3) is 0.346. The van der Waals surface area contributed by atoms with Gasteiger partial charge in [-0.2, -0.15) is 0 Å². The lowest BCUT2D eigenvalue weighted by molar-refractivity contribution is -0.135. The Morgan fingerprint density at radius 2 is 1.71 bits per heavy atom. The average molecular weight is 497 g/mol. The third-order valence-corrected chi connectivity index (χ3v) is 6.65. The van der Waals surface area contributed by atoms with E-state index in [0.717, 1.165) is 35.3 Å². The number of aryl methyl sites for hydroxylation is 1. The van der Waals surface area contributed by atoms with Gasteiger partial charge in [-0.3, -0.25) is 19.3 Å². The molecule has 8 nitrogen and oxygen atoms in total. The van der Waals surface area contributed by atoms with E-state index in [1.165, 1.54) is 12.7 Å². The standard InChI is InChI=1S/C26H28N2O6S/c1-18-5-8-20(9-6-18)33-13-14-34-21-10-7-19(15-22(21)32-2)16-23-25(30)28(26(31)35-23)17-24(29)27-11-3-4-12-27/h5-10,15-16H,3-4,11-14,17H2,1-2H3/b23-16-. The van der Waals surface area contributed by atoms with E-state index < -0.39 is 11.1 Å². The van der Waals surface area contributed by atoms with Crippen molar-refractivity contribution in [2.75, 3.05) is 40.0 Å². The molecule has 35 heavy (non-hydrogen) atoms. The number of amides is 3. The predicted molar refractivity (Wildman–Crippen MR) is 134 cm³/mol. The Morgan fingerprint density at radius 3 is 2.43 bits per heavy atom. The van der Waals surface area contributed by atoms with Gasteiger partial charge in [-0.05, 0) is 67.4 Å². The van der Waals surface area contributed by atoms with Crippen molar-refractivity contribution in [3.8, 4) is 17.2 Å². The molecule has 0 spiro atoms. The van der Waals surface area contributed by atoms with Gasteiger partial charge < -0.3 is 19.1 Å². The minimum Gasteiger partial charge on any atom is -0.493 e. The van der Waals surface area contributed by atoms with Crippen molar-refractivity contribution >= 4 is 34.9 Å². The Bertz CT molecular complexity index is 1130. The number of rotatable bonds is 9. The van der Waals surface area contributed by atoms with Crippen molar-refractivity contribution in [1.29, 1.82) is 0 Å². The summed E-state index contributed by atoms with van der Waals surface area (Å²) in [6.45, 7) is 3.85. The van der Waals surface area contributed by atoms with Gasteiger partial charge in [-0.15, -0.1) is 0 Å². The highest BCUT2D eigenvalue weighted by atomic mass is 32.2. The van der Waals surface area contributed by atoms with Gasteiger partial charge in [-0.1, -0.05) is 23.8 Å². The van der Waals surface area contributed by atoms with Crippen LogP contribution in [0.5, 0.6) is 17.2 Å². The lowest BCUT2D eigenvalue weighted by atomic mass is 10.2. The third kappa shape index (κ3) is 6.16. The van der Waals surface area contributed by atoms with Crippen molar-refractivity contribution < 1.29 is 28.6 Å². The van der Waals surface area contributed by atoms with Crippen molar-refractivity contribution in [2.45, 2.75) is 19.8 Å². The number of hydrogen-bond donors (Lipinski definition) is 0. The number of methoxy groups -OCH3 is 1. The highest BCUT2D eigenvalue weighted by molar-refractivity contribution is 8.18. The van der Waals surface area contributed by atoms with E-state index in [1.807, 2.05) is 31.2 Å². The Balaban J connectivity index is 1.35. The summed E-state index contributed by atoms with van der Waals surface area (Å²) in [5.74, 6) is 1.16. The van der Waals surface area contributed by atoms with Gasteiger partial charge in [-0.25, -0.2) is 0 Å². The molecule has 2 aromatic carbocycles. The summed E-state index contributed by atoms with van der Waals surface area (Å²) in [6, 6.07) is 13.1. The van der Waals surface area contributed by atoms with Crippen LogP contribution in [0.4, 0.5) is 4.79 Å². The van der Waals surface area contributed by atoms with Crippen molar-refractivity contribution in [1.82, 2.24) is 9.80 Å². The van der Waals surface area contributed by atoms with Crippen LogP contribution >= 0.6 is 11.8 Å². The van der Waals surface area contributed by atoms with Crippen molar-refractivity contribution in [3.63, 3.8) is 0 Å². The molecule has 4 rings (SSSR count). The number of carbonyl (C=O) groups is 3. The van der Waals surface area contributed by atoms with Gasteiger partial charge >= 0.3 is 0 Å². The topological polar surface area (TPSA) is 85.4 Å². The molecule has 0 aliphatic carbocycles. The molecule has 3 amide bonds. The van der Waals surface area contributed by atoms with Crippen LogP contribution in [-0.4, -0.2) is 66.8 Å². The first kappa shape index (κ1) is 24.7. The highest BCUT2D eigenvalue weighted by Crippen LogP contribution is 2.34. The predicted octanol–water partition coefficient (Wildman–Crippen LogP) is 4.12. The number of likely N-dealkylation sites (tertiary alicyclic amines) is 1. The normalized spacial score (nSPS) is 16.8. The number of ether oxygens (including phenoxy) is 3. The van der Waals surface area contributed by atoms with E-state index in [2.05, 4.69) is 0 Å². The fourth-order valence-electron chi connectivity index (χ4n) is 3.83. The molecule has 0 unspecified atom stereocenters. The second-order valence-electron chi connectivity index (χ2n) is 8.28. The first-order valence-corrected chi connectivity index (χ1v) is 12.3. The SMILES string of the molecule is COc1cc(/C=C2\SC(=O)N(CC(=O)N3CCCC3)C2=O)ccc1OCCOc1ccc(C)cc1. The van der Waals surface area contributed by atoms with Gasteiger partial charge in [0, 0.05) is 13.1 Å². The second-order valence-corrected chi connectivity index (χ2v) is 9.27. The smallest absolute Gasteiger partial charge is 0.294 e. The monoisotopic (exact) mass is 496 g/mol. The van der Waals surface area contributed by atoms with E-state index >= 15 is 0 Å². The Labute approximate surface area is 208 Å². The van der Waals surface area contributed by atoms with Gasteiger partial charge in [0.2, 0.25) is 5.91 Å². The third-order valence-electron chi connectivity index (χ3n) is 5.74. The Morgan fingerprint density at radius 1 is 1.00 bits per heavy atom. The van der Waals surface area contributed by atoms with Crippen LogP contribution in [0, 0.1) is 6.92 Å². The molecule has 184 valence electrons. The van der Waals surface area contributed by atoms with Crippen LogP contribution in [0.25, 0.3) is 6.08 Å². The van der Waals surface area contributed by atoms with E-state index in [1.54, 1.807) is 29.2 Å². The van der Waals surface area contributed by atoms with Gasteiger partial charge in [0.25, 0.3) is 11.1 Å². The Hall–Kier alpha value is -3.46. The van der Waals surface area contributed by atoms with Crippen LogP contribution in [-0.2, 0) is 9.59 Å². The molecule has 2 saturated heterocycles. The number of thioether (sulfide) groups is 1. The molecule has 0 bridgehead atoms. The van der Waals surface area contributed by atoms with E-state index in [-0.39, 0.29) is 17.4 Å². The summed E-state index contributed by atoms with van der Waals surface area (Å²) in [7, 11) is 1.53. The molecule has 0 aromatic heterocycles. The minimum atomic E-state index is -0.458. The summed E-state index contributed by atoms with van der Waals surface area (Å²) in [4.78, 5) is 40.5. The number of hydrogen-bond acceptors (Lipinski definition) is 7. The molecular weight excluding hydrogens is 468 g/mol. The second kappa shape index (κ2) is 11.3. The van der Waals surface area contributed by atoms with E-state index in [0.29, 0.717) is 43.4 Å². The number of carbonyl (C=O) groups excluding carboxylic acids is 3. The molecular formula is C26H28N2O6S. The number of imide groups is 1. The van der Waals surface area contributed by atoms with Crippen molar-refractivity contribution in [3.05, 3.63) is 58.5 Å². The van der Waals surface area contributed by atoms with Crippen LogP contribution in [0.3, 0.4) is 0 Å². The zero-order chi connectivity index (χ0) is 24.8. The summed E-state index contributed by atoms with van der Waals surface area (Å²) in [6.07, 6.45) is 3.53. The largest absolute Gasteiger partial charge is 0.493 e. The van der Waals surface area contributed by atoms with E-state index in [9.17, 15) is 14.4 Å². The maximum absolute atomic E-state index is 12.8. The molecule has 2 aromatic rings. The van der Waals surface area contributed by atoms with Crippen molar-refractivity contribution in [2.24, 2.45) is 0 Å². The minimum absolute atomic E-state index is 0.194. The zero-order valence-corrected chi connectivity index (χ0v) is 20.6. The molecule has 2 fully saturated rings. The lowest BCUT2D eigenvalue weighted by Crippen LogP contribution is -2.40. The van der Waals surface area contributed by atoms with Gasteiger partial charge in [0.05, 0.1) is 12.0 Å². The molecule has 9 heteroatoms. The molecule has 0 radical (unpaired) electrons. The first-order valence-electron chi connectivity index (χ1n) is 11.5. The molecule has 0 saturated carbocycles. The van der Waals surface area contributed by atoms with Crippen LogP contribution in [0.15, 0.2) is 47.4 Å². The molecule has 0 atom stereocenters. The summed E-state index contributed by atoms with van der Waals surface area (Å²) in [5.41, 5.74) is 1.85. The maximum atomic E-state index is 12.8. The molecule has 2 aliphatic heterocycles. The van der Waals surface area contributed by atoms with Crippen LogP contribution in [0.1, 0.15) is 24.0 Å².